The van der Waals surface area contributed by atoms with E-state index in [0.29, 0.717) is 12.5 Å². The molecule has 1 N–H and O–H groups in total. The molecule has 130 valence electrons. The van der Waals surface area contributed by atoms with Crippen LogP contribution in [0, 0.1) is 0 Å². The second kappa shape index (κ2) is 6.75. The molecular weight excluding hydrogens is 330 g/mol. The average molecular weight is 347 g/mol. The smallest absolute Gasteiger partial charge is 0.280 e. The quantitative estimate of drug-likeness (QED) is 0.597. The molecule has 4 aromatic rings. The van der Waals surface area contributed by atoms with Gasteiger partial charge in [0.1, 0.15) is 0 Å². The molecule has 8 heteroatoms. The summed E-state index contributed by atoms with van der Waals surface area (Å²) in [6, 6.07) is 13.6. The summed E-state index contributed by atoms with van der Waals surface area (Å²) in [5.41, 5.74) is 3.01. The van der Waals surface area contributed by atoms with Gasteiger partial charge in [0.2, 0.25) is 5.95 Å². The first-order valence-electron chi connectivity index (χ1n) is 8.23. The van der Waals surface area contributed by atoms with Gasteiger partial charge in [-0.1, -0.05) is 18.2 Å². The lowest BCUT2D eigenvalue weighted by molar-refractivity contribution is 0.102. The maximum absolute atomic E-state index is 12.4. The lowest BCUT2D eigenvalue weighted by Gasteiger charge is -2.09. The highest BCUT2D eigenvalue weighted by atomic mass is 16.2. The Balaban J connectivity index is 1.64. The second-order valence-corrected chi connectivity index (χ2v) is 5.82. The second-order valence-electron chi connectivity index (χ2n) is 5.82. The summed E-state index contributed by atoms with van der Waals surface area (Å²) >= 11 is 0. The van der Waals surface area contributed by atoms with Gasteiger partial charge in [0.25, 0.3) is 5.91 Å². The number of hydrogen-bond acceptors (Lipinski definition) is 5. The van der Waals surface area contributed by atoms with E-state index in [9.17, 15) is 4.79 Å². The minimum absolute atomic E-state index is 0.246. The molecule has 0 spiro atoms. The number of nitrogens with zero attached hydrogens (tertiary/aromatic N) is 6. The van der Waals surface area contributed by atoms with E-state index in [1.807, 2.05) is 47.0 Å². The summed E-state index contributed by atoms with van der Waals surface area (Å²) in [4.78, 5) is 22.7. The fourth-order valence-electron chi connectivity index (χ4n) is 2.79. The van der Waals surface area contributed by atoms with Gasteiger partial charge in [0, 0.05) is 31.9 Å². The van der Waals surface area contributed by atoms with Crippen LogP contribution in [0.2, 0.25) is 0 Å². The van der Waals surface area contributed by atoms with Crippen LogP contribution in [-0.2, 0) is 20.0 Å². The first kappa shape index (κ1) is 15.9. The largest absolute Gasteiger partial charge is 0.310 e. The minimum atomic E-state index is -0.340. The summed E-state index contributed by atoms with van der Waals surface area (Å²) in [5.74, 6) is 0.144. The lowest BCUT2D eigenvalue weighted by Crippen LogP contribution is -2.17. The van der Waals surface area contributed by atoms with Gasteiger partial charge in [-0.25, -0.2) is 4.98 Å². The molecule has 1 amide bonds. The Labute approximate surface area is 149 Å². The van der Waals surface area contributed by atoms with Crippen molar-refractivity contribution >= 4 is 22.9 Å². The minimum Gasteiger partial charge on any atom is -0.310 e. The Morgan fingerprint density at radius 2 is 2.00 bits per heavy atom. The zero-order valence-corrected chi connectivity index (χ0v) is 14.2. The Hall–Kier alpha value is -3.55. The third-order valence-corrected chi connectivity index (χ3v) is 4.03. The topological polar surface area (TPSA) is 90.5 Å². The van der Waals surface area contributed by atoms with Crippen molar-refractivity contribution in [2.45, 2.75) is 13.0 Å². The Morgan fingerprint density at radius 3 is 2.77 bits per heavy atom. The molecule has 0 bridgehead atoms. The molecule has 0 saturated heterocycles. The maximum Gasteiger partial charge on any atom is 0.280 e. The van der Waals surface area contributed by atoms with Crippen LogP contribution in [0.1, 0.15) is 16.2 Å². The molecule has 3 heterocycles. The van der Waals surface area contributed by atoms with E-state index in [4.69, 9.17) is 0 Å². The number of aromatic nitrogens is 6. The molecule has 0 aliphatic heterocycles. The third-order valence-electron chi connectivity index (χ3n) is 4.03. The van der Waals surface area contributed by atoms with Crippen molar-refractivity contribution in [3.63, 3.8) is 0 Å². The molecule has 0 saturated carbocycles. The van der Waals surface area contributed by atoms with Crippen LogP contribution in [0.3, 0.4) is 0 Å². The van der Waals surface area contributed by atoms with Gasteiger partial charge in [0.05, 0.1) is 17.2 Å². The third kappa shape index (κ3) is 3.16. The molecule has 0 aliphatic rings. The Morgan fingerprint density at radius 1 is 1.15 bits per heavy atom. The van der Waals surface area contributed by atoms with Gasteiger partial charge in [0.15, 0.2) is 5.69 Å². The van der Waals surface area contributed by atoms with Crippen molar-refractivity contribution in [3.05, 3.63) is 66.2 Å². The van der Waals surface area contributed by atoms with Crippen molar-refractivity contribution in [2.75, 3.05) is 5.32 Å². The van der Waals surface area contributed by atoms with E-state index in [1.165, 1.54) is 11.0 Å². The number of amides is 1. The van der Waals surface area contributed by atoms with E-state index in [1.54, 1.807) is 13.2 Å². The average Bonchev–Trinajstić information content (AvgIpc) is 3.24. The molecule has 1 aromatic carbocycles. The summed E-state index contributed by atoms with van der Waals surface area (Å²) < 4.78 is 1.98. The molecule has 0 aliphatic carbocycles. The number of pyridine rings is 1. The van der Waals surface area contributed by atoms with Crippen LogP contribution in [-0.4, -0.2) is 35.4 Å². The summed E-state index contributed by atoms with van der Waals surface area (Å²) in [6.45, 7) is 0.646. The molecular formula is C18H17N7O. The van der Waals surface area contributed by atoms with E-state index in [2.05, 4.69) is 25.5 Å². The molecule has 0 fully saturated rings. The predicted molar refractivity (Wildman–Crippen MR) is 96.6 cm³/mol. The first-order valence-corrected chi connectivity index (χ1v) is 8.23. The fourth-order valence-corrected chi connectivity index (χ4v) is 2.79. The molecule has 4 rings (SSSR count). The van der Waals surface area contributed by atoms with Gasteiger partial charge >= 0.3 is 0 Å². The normalized spacial score (nSPS) is 11.0. The monoisotopic (exact) mass is 347 g/mol. The summed E-state index contributed by atoms with van der Waals surface area (Å²) in [7, 11) is 1.67. The van der Waals surface area contributed by atoms with Crippen LogP contribution >= 0.6 is 0 Å². The first-order chi connectivity index (χ1) is 12.7. The number of para-hydroxylation sites is 2. The Bertz CT molecular complexity index is 1050. The van der Waals surface area contributed by atoms with Gasteiger partial charge in [-0.2, -0.15) is 9.90 Å². The van der Waals surface area contributed by atoms with Crippen LogP contribution in [0.15, 0.2) is 54.9 Å². The van der Waals surface area contributed by atoms with Gasteiger partial charge in [-0.15, -0.1) is 5.10 Å². The highest BCUT2D eigenvalue weighted by Gasteiger charge is 2.16. The van der Waals surface area contributed by atoms with Crippen molar-refractivity contribution < 1.29 is 4.79 Å². The number of benzene rings is 1. The van der Waals surface area contributed by atoms with Crippen LogP contribution in [0.25, 0.3) is 11.0 Å². The highest BCUT2D eigenvalue weighted by Crippen LogP contribution is 2.20. The number of rotatable bonds is 5. The van der Waals surface area contributed by atoms with Crippen LogP contribution < -0.4 is 5.32 Å². The standard InChI is InChI=1S/C18H17N7O/c1-24-20-12-15(23-24)17(26)22-18-21-14-7-2-3-8-16(14)25(18)11-9-13-6-4-5-10-19-13/h2-8,10,12H,9,11H2,1H3,(H,21,22,26). The van der Waals surface area contributed by atoms with Crippen molar-refractivity contribution in [2.24, 2.45) is 7.05 Å². The van der Waals surface area contributed by atoms with E-state index >= 15 is 0 Å². The highest BCUT2D eigenvalue weighted by molar-refractivity contribution is 6.02. The van der Waals surface area contributed by atoms with Crippen molar-refractivity contribution in [1.82, 2.24) is 29.5 Å². The molecule has 8 nitrogen and oxygen atoms in total. The van der Waals surface area contributed by atoms with Gasteiger partial charge < -0.3 is 4.57 Å². The number of carbonyl (C=O) groups is 1. The van der Waals surface area contributed by atoms with Gasteiger partial charge in [-0.05, 0) is 24.3 Å². The van der Waals surface area contributed by atoms with E-state index in [-0.39, 0.29) is 11.6 Å². The predicted octanol–water partition coefficient (Wildman–Crippen LogP) is 2.05. The lowest BCUT2D eigenvalue weighted by atomic mass is 10.2. The summed E-state index contributed by atoms with van der Waals surface area (Å²) in [6.07, 6.45) is 3.93. The zero-order chi connectivity index (χ0) is 17.9. The zero-order valence-electron chi connectivity index (χ0n) is 14.2. The molecule has 0 atom stereocenters. The summed E-state index contributed by atoms with van der Waals surface area (Å²) in [5, 5.41) is 10.8. The number of fused-ring (bicyclic) bond motifs is 1. The van der Waals surface area contributed by atoms with Crippen molar-refractivity contribution in [1.29, 1.82) is 0 Å². The SMILES string of the molecule is Cn1ncc(C(=O)Nc2nc3ccccc3n2CCc2ccccn2)n1. The molecule has 0 unspecified atom stereocenters. The number of aryl methyl sites for hydroxylation is 3. The van der Waals surface area contributed by atoms with E-state index in [0.717, 1.165) is 23.1 Å². The number of hydrogen-bond donors (Lipinski definition) is 1. The molecule has 3 aromatic heterocycles. The van der Waals surface area contributed by atoms with E-state index < -0.39 is 0 Å². The fraction of sp³-hybridized carbons (Fsp3) is 0.167. The molecule has 0 radical (unpaired) electrons. The Kier molecular flexibility index (Phi) is 4.14. The number of nitrogens with one attached hydrogen (secondary N) is 1. The van der Waals surface area contributed by atoms with Crippen LogP contribution in [0.4, 0.5) is 5.95 Å². The number of anilines is 1. The number of carbonyl (C=O) groups excluding carboxylic acids is 1. The molecule has 26 heavy (non-hydrogen) atoms. The number of imidazole rings is 1. The van der Waals surface area contributed by atoms with Gasteiger partial charge in [-0.3, -0.25) is 15.1 Å². The van der Waals surface area contributed by atoms with Crippen molar-refractivity contribution in [3.8, 4) is 0 Å². The van der Waals surface area contributed by atoms with Crippen LogP contribution in [0.5, 0.6) is 0 Å². The maximum atomic E-state index is 12.4.